The Morgan fingerprint density at radius 3 is 2.39 bits per heavy atom. The maximum atomic E-state index is 11.0. The molecule has 0 radical (unpaired) electrons. The van der Waals surface area contributed by atoms with Crippen LogP contribution in [0.1, 0.15) is 35.2 Å². The lowest BCUT2D eigenvalue weighted by molar-refractivity contribution is -0.138. The third-order valence-electron chi connectivity index (χ3n) is 3.28. The fourth-order valence-corrected chi connectivity index (χ4v) is 2.36. The highest BCUT2D eigenvalue weighted by atomic mass is 16.4. The van der Waals surface area contributed by atoms with Crippen molar-refractivity contribution >= 4 is 16.9 Å². The molecule has 3 nitrogen and oxygen atoms in total. The van der Waals surface area contributed by atoms with Crippen molar-refractivity contribution in [3.63, 3.8) is 0 Å². The van der Waals surface area contributed by atoms with E-state index in [0.29, 0.717) is 5.69 Å². The Morgan fingerprint density at radius 2 is 1.78 bits per heavy atom. The second-order valence-corrected chi connectivity index (χ2v) is 4.90. The fourth-order valence-electron chi connectivity index (χ4n) is 2.36. The Labute approximate surface area is 106 Å². The van der Waals surface area contributed by atoms with Crippen molar-refractivity contribution in [1.82, 2.24) is 4.98 Å². The molecule has 2 rings (SSSR count). The van der Waals surface area contributed by atoms with E-state index in [1.807, 2.05) is 26.0 Å². The van der Waals surface area contributed by atoms with Crippen molar-refractivity contribution < 1.29 is 9.90 Å². The maximum Gasteiger partial charge on any atom is 0.312 e. The zero-order chi connectivity index (χ0) is 13.4. The minimum Gasteiger partial charge on any atom is -0.481 e. The van der Waals surface area contributed by atoms with Gasteiger partial charge in [0.25, 0.3) is 0 Å². The van der Waals surface area contributed by atoms with Gasteiger partial charge in [-0.3, -0.25) is 9.78 Å². The van der Waals surface area contributed by atoms with E-state index >= 15 is 0 Å². The lowest BCUT2D eigenvalue weighted by Crippen LogP contribution is -2.10. The van der Waals surface area contributed by atoms with E-state index in [-0.39, 0.29) is 0 Å². The van der Waals surface area contributed by atoms with Gasteiger partial charge in [-0.2, -0.15) is 0 Å². The van der Waals surface area contributed by atoms with Crippen LogP contribution in [0.4, 0.5) is 0 Å². The molecule has 94 valence electrons. The van der Waals surface area contributed by atoms with E-state index in [9.17, 15) is 4.79 Å². The molecule has 0 amide bonds. The van der Waals surface area contributed by atoms with Gasteiger partial charge in [0.15, 0.2) is 0 Å². The molecule has 1 N–H and O–H groups in total. The molecule has 2 aromatic rings. The monoisotopic (exact) mass is 243 g/mol. The standard InChI is InChI=1S/C15H17NO2/c1-8-5-9(2)14-10(3)7-12(11(4)15(17)18)16-13(14)6-8/h5-7,11H,1-4H3,(H,17,18). The van der Waals surface area contributed by atoms with Crippen molar-refractivity contribution in [2.75, 3.05) is 0 Å². The second kappa shape index (κ2) is 4.41. The highest BCUT2D eigenvalue weighted by Crippen LogP contribution is 2.26. The summed E-state index contributed by atoms with van der Waals surface area (Å²) in [6.07, 6.45) is 0. The summed E-state index contributed by atoms with van der Waals surface area (Å²) < 4.78 is 0. The molecule has 18 heavy (non-hydrogen) atoms. The van der Waals surface area contributed by atoms with E-state index in [1.54, 1.807) is 6.92 Å². The molecular formula is C15H17NO2. The van der Waals surface area contributed by atoms with Crippen LogP contribution in [0.5, 0.6) is 0 Å². The third-order valence-corrected chi connectivity index (χ3v) is 3.28. The summed E-state index contributed by atoms with van der Waals surface area (Å²) >= 11 is 0. The molecule has 0 aliphatic heterocycles. The largest absolute Gasteiger partial charge is 0.481 e. The molecule has 0 bridgehead atoms. The maximum absolute atomic E-state index is 11.0. The molecule has 0 saturated carbocycles. The number of carboxylic acids is 1. The lowest BCUT2D eigenvalue weighted by Gasteiger charge is -2.12. The Morgan fingerprint density at radius 1 is 1.17 bits per heavy atom. The molecule has 0 aliphatic carbocycles. The Balaban J connectivity index is 2.72. The second-order valence-electron chi connectivity index (χ2n) is 4.90. The molecule has 1 atom stereocenters. The lowest BCUT2D eigenvalue weighted by atomic mass is 9.98. The van der Waals surface area contributed by atoms with Crippen LogP contribution in [0, 0.1) is 20.8 Å². The first-order valence-electron chi connectivity index (χ1n) is 6.01. The summed E-state index contributed by atoms with van der Waals surface area (Å²) in [5.41, 5.74) is 4.92. The smallest absolute Gasteiger partial charge is 0.312 e. The fraction of sp³-hybridized carbons (Fsp3) is 0.333. The van der Waals surface area contributed by atoms with E-state index in [0.717, 1.165) is 22.0 Å². The number of aliphatic carboxylic acids is 1. The molecule has 1 unspecified atom stereocenters. The predicted molar refractivity (Wildman–Crippen MR) is 72.0 cm³/mol. The van der Waals surface area contributed by atoms with Gasteiger partial charge in [0.05, 0.1) is 17.1 Å². The molecule has 0 fully saturated rings. The SMILES string of the molecule is Cc1cc(C)c2c(C)cc(C(C)C(=O)O)nc2c1. The van der Waals surface area contributed by atoms with E-state index in [4.69, 9.17) is 5.11 Å². The number of benzene rings is 1. The Hall–Kier alpha value is -1.90. The van der Waals surface area contributed by atoms with Gasteiger partial charge in [-0.25, -0.2) is 0 Å². The van der Waals surface area contributed by atoms with Crippen LogP contribution in [0.15, 0.2) is 18.2 Å². The Kier molecular flexibility index (Phi) is 3.07. The number of hydrogen-bond acceptors (Lipinski definition) is 2. The van der Waals surface area contributed by atoms with Gasteiger partial charge in [0, 0.05) is 5.39 Å². The summed E-state index contributed by atoms with van der Waals surface area (Å²) in [7, 11) is 0. The summed E-state index contributed by atoms with van der Waals surface area (Å²) in [6.45, 7) is 7.75. The molecular weight excluding hydrogens is 226 g/mol. The third kappa shape index (κ3) is 2.08. The van der Waals surface area contributed by atoms with Gasteiger partial charge >= 0.3 is 5.97 Å². The summed E-state index contributed by atoms with van der Waals surface area (Å²) in [6, 6.07) is 6.01. The summed E-state index contributed by atoms with van der Waals surface area (Å²) in [5.74, 6) is -1.42. The van der Waals surface area contributed by atoms with Gasteiger partial charge < -0.3 is 5.11 Å². The average molecular weight is 243 g/mol. The van der Waals surface area contributed by atoms with Crippen molar-refractivity contribution in [1.29, 1.82) is 0 Å². The first-order valence-corrected chi connectivity index (χ1v) is 6.01. The van der Waals surface area contributed by atoms with Crippen LogP contribution in [0.25, 0.3) is 10.9 Å². The molecule has 1 aromatic carbocycles. The highest BCUT2D eigenvalue weighted by Gasteiger charge is 2.17. The molecule has 0 spiro atoms. The van der Waals surface area contributed by atoms with Crippen molar-refractivity contribution in [2.24, 2.45) is 0 Å². The van der Waals surface area contributed by atoms with E-state index < -0.39 is 11.9 Å². The highest BCUT2D eigenvalue weighted by molar-refractivity contribution is 5.87. The van der Waals surface area contributed by atoms with Gasteiger partial charge in [0.2, 0.25) is 0 Å². The number of nitrogens with zero attached hydrogens (tertiary/aromatic N) is 1. The average Bonchev–Trinajstić information content (AvgIpc) is 2.25. The van der Waals surface area contributed by atoms with Crippen LogP contribution < -0.4 is 0 Å². The molecule has 0 saturated heterocycles. The number of aromatic nitrogens is 1. The first-order chi connectivity index (χ1) is 8.40. The van der Waals surface area contributed by atoms with E-state index in [1.165, 1.54) is 5.56 Å². The molecule has 0 aliphatic rings. The summed E-state index contributed by atoms with van der Waals surface area (Å²) in [4.78, 5) is 15.5. The van der Waals surface area contributed by atoms with Crippen LogP contribution in [0.2, 0.25) is 0 Å². The number of hydrogen-bond donors (Lipinski definition) is 1. The number of rotatable bonds is 2. The van der Waals surface area contributed by atoms with E-state index in [2.05, 4.69) is 18.0 Å². The van der Waals surface area contributed by atoms with Crippen LogP contribution in [-0.4, -0.2) is 16.1 Å². The predicted octanol–water partition coefficient (Wildman–Crippen LogP) is 3.35. The minimum atomic E-state index is -0.842. The number of carbonyl (C=O) groups is 1. The van der Waals surface area contributed by atoms with Crippen molar-refractivity contribution in [3.05, 3.63) is 40.6 Å². The summed E-state index contributed by atoms with van der Waals surface area (Å²) in [5, 5.41) is 10.2. The quantitative estimate of drug-likeness (QED) is 0.880. The number of fused-ring (bicyclic) bond motifs is 1. The molecule has 3 heteroatoms. The van der Waals surface area contributed by atoms with Gasteiger partial charge in [-0.05, 0) is 56.5 Å². The normalized spacial score (nSPS) is 12.7. The van der Waals surface area contributed by atoms with Crippen LogP contribution in [-0.2, 0) is 4.79 Å². The van der Waals surface area contributed by atoms with Gasteiger partial charge in [-0.1, -0.05) is 6.07 Å². The first kappa shape index (κ1) is 12.6. The number of pyridine rings is 1. The van der Waals surface area contributed by atoms with Crippen molar-refractivity contribution in [2.45, 2.75) is 33.6 Å². The van der Waals surface area contributed by atoms with Crippen molar-refractivity contribution in [3.8, 4) is 0 Å². The molecule has 1 aromatic heterocycles. The zero-order valence-corrected chi connectivity index (χ0v) is 11.1. The van der Waals surface area contributed by atoms with Gasteiger partial charge in [0.1, 0.15) is 0 Å². The van der Waals surface area contributed by atoms with Crippen LogP contribution in [0.3, 0.4) is 0 Å². The Bertz CT molecular complexity index is 632. The zero-order valence-electron chi connectivity index (χ0n) is 11.1. The number of aryl methyl sites for hydroxylation is 3. The van der Waals surface area contributed by atoms with Crippen LogP contribution >= 0.6 is 0 Å². The minimum absolute atomic E-state index is 0.575. The number of carboxylic acid groups (broad SMARTS) is 1. The molecule has 1 heterocycles. The van der Waals surface area contributed by atoms with Gasteiger partial charge in [-0.15, -0.1) is 0 Å². The topological polar surface area (TPSA) is 50.2 Å².